The molecule has 2 aromatic carbocycles. The molecule has 30 heavy (non-hydrogen) atoms. The van der Waals surface area contributed by atoms with Crippen molar-refractivity contribution in [3.8, 4) is 11.5 Å². The summed E-state index contributed by atoms with van der Waals surface area (Å²) in [6.45, 7) is 1.73. The zero-order chi connectivity index (χ0) is 21.7. The van der Waals surface area contributed by atoms with Gasteiger partial charge in [0.2, 0.25) is 11.8 Å². The number of aromatic nitrogens is 1. The standard InChI is InChI=1S/C22H20N2O6/c1-13-18(24-20(30-13)14-7-5-4-6-8-14)12-19(25)23-17-10-15(21(26)28-2)9-16(11-17)22(27)29-3/h4-11H,12H2,1-3H3,(H,23,25). The summed E-state index contributed by atoms with van der Waals surface area (Å²) >= 11 is 0. The highest BCUT2D eigenvalue weighted by Gasteiger charge is 2.17. The normalized spacial score (nSPS) is 10.4. The van der Waals surface area contributed by atoms with Crippen molar-refractivity contribution in [1.82, 2.24) is 4.98 Å². The van der Waals surface area contributed by atoms with Crippen molar-refractivity contribution >= 4 is 23.5 Å². The van der Waals surface area contributed by atoms with Crippen molar-refractivity contribution in [2.75, 3.05) is 19.5 Å². The van der Waals surface area contributed by atoms with Gasteiger partial charge in [0.25, 0.3) is 0 Å². The van der Waals surface area contributed by atoms with E-state index in [0.29, 0.717) is 17.3 Å². The molecule has 0 aliphatic rings. The van der Waals surface area contributed by atoms with Crippen molar-refractivity contribution < 1.29 is 28.3 Å². The molecule has 1 amide bonds. The fourth-order valence-corrected chi connectivity index (χ4v) is 2.82. The average Bonchev–Trinajstić information content (AvgIpc) is 3.12. The van der Waals surface area contributed by atoms with E-state index in [-0.39, 0.29) is 29.1 Å². The number of benzene rings is 2. The van der Waals surface area contributed by atoms with Crippen LogP contribution < -0.4 is 5.32 Å². The third-order valence-electron chi connectivity index (χ3n) is 4.30. The van der Waals surface area contributed by atoms with E-state index in [1.165, 1.54) is 32.4 Å². The fraction of sp³-hybridized carbons (Fsp3) is 0.182. The Bertz CT molecular complexity index is 1050. The zero-order valence-electron chi connectivity index (χ0n) is 16.7. The number of esters is 2. The highest BCUT2D eigenvalue weighted by Crippen LogP contribution is 2.22. The quantitative estimate of drug-likeness (QED) is 0.623. The molecular formula is C22H20N2O6. The highest BCUT2D eigenvalue weighted by molar-refractivity contribution is 5.99. The van der Waals surface area contributed by atoms with E-state index in [1.807, 2.05) is 30.3 Å². The molecule has 0 unspecified atom stereocenters. The van der Waals surface area contributed by atoms with E-state index in [0.717, 1.165) is 5.56 Å². The van der Waals surface area contributed by atoms with Gasteiger partial charge in [0.1, 0.15) is 5.76 Å². The molecule has 0 spiro atoms. The molecule has 0 aliphatic heterocycles. The molecule has 3 rings (SSSR count). The lowest BCUT2D eigenvalue weighted by Crippen LogP contribution is -2.16. The first kappa shape index (κ1) is 20.8. The Morgan fingerprint density at radius 3 is 2.13 bits per heavy atom. The lowest BCUT2D eigenvalue weighted by Gasteiger charge is -2.09. The maximum Gasteiger partial charge on any atom is 0.337 e. The summed E-state index contributed by atoms with van der Waals surface area (Å²) in [7, 11) is 2.45. The number of nitrogens with one attached hydrogen (secondary N) is 1. The van der Waals surface area contributed by atoms with Crippen LogP contribution in [0.1, 0.15) is 32.2 Å². The maximum absolute atomic E-state index is 12.6. The summed E-state index contributed by atoms with van der Waals surface area (Å²) in [5.41, 5.74) is 1.77. The van der Waals surface area contributed by atoms with Crippen molar-refractivity contribution in [3.63, 3.8) is 0 Å². The molecule has 154 valence electrons. The zero-order valence-corrected chi connectivity index (χ0v) is 16.7. The second-order valence-corrected chi connectivity index (χ2v) is 6.40. The number of hydrogen-bond acceptors (Lipinski definition) is 7. The van der Waals surface area contributed by atoms with Gasteiger partial charge in [-0.05, 0) is 37.3 Å². The minimum atomic E-state index is -0.642. The van der Waals surface area contributed by atoms with E-state index in [1.54, 1.807) is 6.92 Å². The van der Waals surface area contributed by atoms with Gasteiger partial charge < -0.3 is 19.2 Å². The smallest absolute Gasteiger partial charge is 0.337 e. The molecule has 8 heteroatoms. The van der Waals surface area contributed by atoms with Crippen molar-refractivity contribution in [2.24, 2.45) is 0 Å². The summed E-state index contributed by atoms with van der Waals surface area (Å²) in [5, 5.41) is 2.67. The molecule has 1 heterocycles. The summed E-state index contributed by atoms with van der Waals surface area (Å²) in [4.78, 5) is 40.7. The fourth-order valence-electron chi connectivity index (χ4n) is 2.82. The van der Waals surface area contributed by atoms with Gasteiger partial charge in [0, 0.05) is 11.3 Å². The molecule has 8 nitrogen and oxygen atoms in total. The molecule has 3 aromatic rings. The van der Waals surface area contributed by atoms with Gasteiger partial charge in [-0.2, -0.15) is 0 Å². The van der Waals surface area contributed by atoms with Crippen LogP contribution in [-0.2, 0) is 20.7 Å². The van der Waals surface area contributed by atoms with Crippen molar-refractivity contribution in [1.29, 1.82) is 0 Å². The van der Waals surface area contributed by atoms with Crippen LogP contribution in [0, 0.1) is 6.92 Å². The van der Waals surface area contributed by atoms with Crippen LogP contribution in [0.25, 0.3) is 11.5 Å². The van der Waals surface area contributed by atoms with Gasteiger partial charge in [-0.1, -0.05) is 18.2 Å². The Morgan fingerprint density at radius 2 is 1.57 bits per heavy atom. The lowest BCUT2D eigenvalue weighted by molar-refractivity contribution is -0.115. The molecule has 0 fully saturated rings. The largest absolute Gasteiger partial charge is 0.465 e. The van der Waals surface area contributed by atoms with Gasteiger partial charge in [-0.3, -0.25) is 4.79 Å². The van der Waals surface area contributed by atoms with Gasteiger partial charge >= 0.3 is 11.9 Å². The Balaban J connectivity index is 1.80. The average molecular weight is 408 g/mol. The van der Waals surface area contributed by atoms with Gasteiger partial charge in [-0.15, -0.1) is 0 Å². The Morgan fingerprint density at radius 1 is 0.967 bits per heavy atom. The Labute approximate surface area is 172 Å². The SMILES string of the molecule is COC(=O)c1cc(NC(=O)Cc2nc(-c3ccccc3)oc2C)cc(C(=O)OC)c1. The van der Waals surface area contributed by atoms with E-state index < -0.39 is 11.9 Å². The van der Waals surface area contributed by atoms with Crippen LogP contribution >= 0.6 is 0 Å². The number of ether oxygens (including phenoxy) is 2. The third kappa shape index (κ3) is 4.72. The summed E-state index contributed by atoms with van der Waals surface area (Å²) < 4.78 is 15.1. The third-order valence-corrected chi connectivity index (χ3v) is 4.30. The predicted molar refractivity (Wildman–Crippen MR) is 108 cm³/mol. The van der Waals surface area contributed by atoms with Crippen molar-refractivity contribution in [2.45, 2.75) is 13.3 Å². The second kappa shape index (κ2) is 9.04. The predicted octanol–water partition coefficient (Wildman–Crippen LogP) is 3.40. The number of nitrogens with zero attached hydrogens (tertiary/aromatic N) is 1. The second-order valence-electron chi connectivity index (χ2n) is 6.40. The van der Waals surface area contributed by atoms with E-state index in [9.17, 15) is 14.4 Å². The maximum atomic E-state index is 12.6. The first-order valence-corrected chi connectivity index (χ1v) is 9.04. The van der Waals surface area contributed by atoms with E-state index in [4.69, 9.17) is 13.9 Å². The molecule has 0 atom stereocenters. The number of carbonyl (C=O) groups excluding carboxylic acids is 3. The van der Waals surface area contributed by atoms with Gasteiger partial charge in [0.15, 0.2) is 0 Å². The summed E-state index contributed by atoms with van der Waals surface area (Å²) in [6, 6.07) is 13.5. The summed E-state index contributed by atoms with van der Waals surface area (Å²) in [5.74, 6) is -0.713. The number of hydrogen-bond donors (Lipinski definition) is 1. The molecular weight excluding hydrogens is 388 g/mol. The van der Waals surface area contributed by atoms with Crippen LogP contribution in [0.2, 0.25) is 0 Å². The van der Waals surface area contributed by atoms with Crippen LogP contribution in [0.5, 0.6) is 0 Å². The first-order chi connectivity index (χ1) is 14.4. The van der Waals surface area contributed by atoms with Crippen LogP contribution in [-0.4, -0.2) is 37.0 Å². The van der Waals surface area contributed by atoms with Gasteiger partial charge in [0.05, 0.1) is 37.5 Å². The molecule has 1 aromatic heterocycles. The minimum absolute atomic E-state index is 0.0435. The van der Waals surface area contributed by atoms with E-state index >= 15 is 0 Å². The number of aryl methyl sites for hydroxylation is 1. The number of rotatable bonds is 6. The molecule has 0 radical (unpaired) electrons. The van der Waals surface area contributed by atoms with Gasteiger partial charge in [-0.25, -0.2) is 14.6 Å². The number of amides is 1. The van der Waals surface area contributed by atoms with Crippen LogP contribution in [0.4, 0.5) is 5.69 Å². The Kier molecular flexibility index (Phi) is 6.26. The van der Waals surface area contributed by atoms with Crippen LogP contribution in [0.3, 0.4) is 0 Å². The first-order valence-electron chi connectivity index (χ1n) is 9.04. The Hall–Kier alpha value is -3.94. The molecule has 0 saturated carbocycles. The molecule has 0 bridgehead atoms. The molecule has 1 N–H and O–H groups in total. The number of carbonyl (C=O) groups is 3. The monoisotopic (exact) mass is 408 g/mol. The topological polar surface area (TPSA) is 108 Å². The lowest BCUT2D eigenvalue weighted by atomic mass is 10.1. The highest BCUT2D eigenvalue weighted by atomic mass is 16.5. The van der Waals surface area contributed by atoms with Crippen LogP contribution in [0.15, 0.2) is 52.9 Å². The minimum Gasteiger partial charge on any atom is -0.465 e. The number of oxazole rings is 1. The number of methoxy groups -OCH3 is 2. The van der Waals surface area contributed by atoms with Crippen molar-refractivity contribution in [3.05, 3.63) is 71.1 Å². The van der Waals surface area contributed by atoms with E-state index in [2.05, 4.69) is 10.3 Å². The molecule has 0 saturated heterocycles. The number of anilines is 1. The molecule has 0 aliphatic carbocycles. The summed E-state index contributed by atoms with van der Waals surface area (Å²) in [6.07, 6.45) is -0.0435.